The van der Waals surface area contributed by atoms with Crippen LogP contribution in [0.4, 0.5) is 0 Å². The first kappa shape index (κ1) is 20.6. The molecule has 0 saturated heterocycles. The zero-order valence-electron chi connectivity index (χ0n) is 17.5. The molecular weight excluding hydrogens is 404 g/mol. The molecule has 3 aliphatic carbocycles. The van der Waals surface area contributed by atoms with Crippen molar-refractivity contribution in [1.82, 2.24) is 0 Å². The molecule has 4 aliphatic rings. The summed E-state index contributed by atoms with van der Waals surface area (Å²) in [5.41, 5.74) is -0.207. The van der Waals surface area contributed by atoms with Gasteiger partial charge >= 0.3 is 5.97 Å². The maximum absolute atomic E-state index is 13.7. The van der Waals surface area contributed by atoms with E-state index in [1.807, 2.05) is 13.8 Å². The van der Waals surface area contributed by atoms with E-state index in [1.165, 1.54) is 6.26 Å². The summed E-state index contributed by atoms with van der Waals surface area (Å²) in [5.74, 6) is -1.89. The van der Waals surface area contributed by atoms with E-state index in [0.29, 0.717) is 36.0 Å². The number of hydrogen-bond donors (Lipinski definition) is 3. The first-order chi connectivity index (χ1) is 14.7. The number of rotatable bonds is 4. The van der Waals surface area contributed by atoms with Crippen LogP contribution in [0.2, 0.25) is 0 Å². The molecule has 1 aromatic rings. The molecule has 1 fully saturated rings. The Morgan fingerprint density at radius 1 is 1.23 bits per heavy atom. The number of carbonyl (C=O) groups is 3. The predicted molar refractivity (Wildman–Crippen MR) is 105 cm³/mol. The van der Waals surface area contributed by atoms with Gasteiger partial charge in [0.05, 0.1) is 18.1 Å². The summed E-state index contributed by atoms with van der Waals surface area (Å²) >= 11 is 0. The minimum Gasteiger partial charge on any atom is -0.460 e. The van der Waals surface area contributed by atoms with Crippen LogP contribution in [-0.2, 0) is 14.9 Å². The quantitative estimate of drug-likeness (QED) is 0.609. The maximum Gasteiger partial charge on any atom is 0.342 e. The van der Waals surface area contributed by atoms with Crippen molar-refractivity contribution < 1.29 is 38.9 Å². The third kappa shape index (κ3) is 2.38. The Morgan fingerprint density at radius 3 is 2.65 bits per heavy atom. The van der Waals surface area contributed by atoms with Crippen LogP contribution in [0.3, 0.4) is 0 Å². The second kappa shape index (κ2) is 6.60. The van der Waals surface area contributed by atoms with E-state index >= 15 is 0 Å². The average molecular weight is 430 g/mol. The number of esters is 1. The molecule has 0 bridgehead atoms. The van der Waals surface area contributed by atoms with Gasteiger partial charge in [0.15, 0.2) is 5.76 Å². The van der Waals surface area contributed by atoms with Gasteiger partial charge in [-0.3, -0.25) is 9.59 Å². The van der Waals surface area contributed by atoms with Crippen LogP contribution < -0.4 is 0 Å². The van der Waals surface area contributed by atoms with Crippen LogP contribution in [-0.4, -0.2) is 58.3 Å². The fraction of sp³-hybridized carbons (Fsp3) is 0.609. The van der Waals surface area contributed by atoms with Crippen LogP contribution in [0.5, 0.6) is 0 Å². The highest BCUT2D eigenvalue weighted by atomic mass is 16.5. The van der Waals surface area contributed by atoms with Gasteiger partial charge in [-0.15, -0.1) is 0 Å². The number of cyclic esters (lactones) is 1. The molecule has 5 rings (SSSR count). The molecule has 0 amide bonds. The molecule has 3 N–H and O–H groups in total. The number of Topliss-reactive ketones (excluding diaryl/α,β-unsaturated/α-hetero) is 2. The molecule has 0 aromatic carbocycles. The Kier molecular flexibility index (Phi) is 4.39. The molecule has 1 saturated carbocycles. The van der Waals surface area contributed by atoms with Gasteiger partial charge in [0.1, 0.15) is 23.7 Å². The number of aliphatic hydroxyl groups is 3. The number of carbonyl (C=O) groups excluding carboxylic acids is 3. The monoisotopic (exact) mass is 430 g/mol. The molecule has 166 valence electrons. The lowest BCUT2D eigenvalue weighted by Gasteiger charge is -2.53. The summed E-state index contributed by atoms with van der Waals surface area (Å²) in [6, 6.07) is 0. The number of allylic oxidation sites excluding steroid dienone is 1. The lowest BCUT2D eigenvalue weighted by atomic mass is 9.51. The highest BCUT2D eigenvalue weighted by Gasteiger charge is 2.64. The zero-order chi connectivity index (χ0) is 22.3. The second-order valence-electron chi connectivity index (χ2n) is 9.61. The van der Waals surface area contributed by atoms with Crippen molar-refractivity contribution in [2.45, 2.75) is 57.2 Å². The van der Waals surface area contributed by atoms with Crippen molar-refractivity contribution in [1.29, 1.82) is 0 Å². The van der Waals surface area contributed by atoms with Crippen LogP contribution in [0.1, 0.15) is 66.0 Å². The van der Waals surface area contributed by atoms with Crippen molar-refractivity contribution in [2.24, 2.45) is 17.3 Å². The van der Waals surface area contributed by atoms with Crippen LogP contribution >= 0.6 is 0 Å². The first-order valence-corrected chi connectivity index (χ1v) is 10.7. The number of ether oxygens (including phenoxy) is 1. The van der Waals surface area contributed by atoms with Crippen molar-refractivity contribution in [3.63, 3.8) is 0 Å². The molecule has 0 spiro atoms. The largest absolute Gasteiger partial charge is 0.460 e. The fourth-order valence-electron chi connectivity index (χ4n) is 6.70. The van der Waals surface area contributed by atoms with Crippen molar-refractivity contribution in [2.75, 3.05) is 13.2 Å². The molecule has 2 heterocycles. The number of fused-ring (bicyclic) bond motifs is 3. The number of furan rings is 1. The summed E-state index contributed by atoms with van der Waals surface area (Å²) in [7, 11) is 0. The summed E-state index contributed by atoms with van der Waals surface area (Å²) in [5, 5.41) is 30.3. The zero-order valence-corrected chi connectivity index (χ0v) is 17.5. The third-order valence-electron chi connectivity index (χ3n) is 8.20. The summed E-state index contributed by atoms with van der Waals surface area (Å²) < 4.78 is 11.3. The fourth-order valence-corrected chi connectivity index (χ4v) is 6.70. The standard InChI is InChI=1S/C23H26O8/c1-22-7-10(13(26)8-25)17-16(12(22)3-4-14(22)27)19(28)20-18-11(9-30-20)21(29)31-15(5-6-24)23(17,18)2/h9-10,12-13,15,24-26H,3-8H2,1-2H3/t10-,12?,13?,15+,22-,23+/m0/s1. The molecular formula is C23H26O8. The van der Waals surface area contributed by atoms with E-state index in [0.717, 1.165) is 0 Å². The normalized spacial score (nSPS) is 37.3. The van der Waals surface area contributed by atoms with Gasteiger partial charge in [-0.2, -0.15) is 0 Å². The summed E-state index contributed by atoms with van der Waals surface area (Å²) in [6.45, 7) is 2.91. The molecule has 6 atom stereocenters. The van der Waals surface area contributed by atoms with Crippen molar-refractivity contribution in [3.05, 3.63) is 34.3 Å². The van der Waals surface area contributed by atoms with Crippen molar-refractivity contribution >= 4 is 17.5 Å². The minimum atomic E-state index is -1.19. The Morgan fingerprint density at radius 2 is 1.97 bits per heavy atom. The number of ketones is 2. The molecule has 1 aliphatic heterocycles. The smallest absolute Gasteiger partial charge is 0.342 e. The molecule has 0 radical (unpaired) electrons. The van der Waals surface area contributed by atoms with E-state index in [4.69, 9.17) is 9.15 Å². The van der Waals surface area contributed by atoms with Gasteiger partial charge in [0.2, 0.25) is 5.78 Å². The molecule has 31 heavy (non-hydrogen) atoms. The molecule has 2 unspecified atom stereocenters. The Hall–Kier alpha value is -2.29. The number of hydrogen-bond acceptors (Lipinski definition) is 8. The highest BCUT2D eigenvalue weighted by Crippen LogP contribution is 2.62. The Labute approximate surface area is 178 Å². The van der Waals surface area contributed by atoms with E-state index in [-0.39, 0.29) is 41.8 Å². The molecule has 1 aromatic heterocycles. The molecule has 8 heteroatoms. The van der Waals surface area contributed by atoms with E-state index in [9.17, 15) is 29.7 Å². The SMILES string of the molecule is C[C@]12C[C@@H](C(O)CO)C3=C(C(=O)c4occ5c4[C@]3(C)[C@@H](CCO)OC5=O)C1CCC2=O. The highest BCUT2D eigenvalue weighted by molar-refractivity contribution is 6.14. The summed E-state index contributed by atoms with van der Waals surface area (Å²) in [6.07, 6.45) is 0.558. The van der Waals surface area contributed by atoms with Crippen molar-refractivity contribution in [3.8, 4) is 0 Å². The topological polar surface area (TPSA) is 134 Å². The second-order valence-corrected chi connectivity index (χ2v) is 9.61. The Balaban J connectivity index is 1.84. The lowest BCUT2D eigenvalue weighted by Crippen LogP contribution is -2.56. The van der Waals surface area contributed by atoms with Gasteiger partial charge < -0.3 is 24.5 Å². The van der Waals surface area contributed by atoms with Crippen LogP contribution in [0.15, 0.2) is 21.8 Å². The van der Waals surface area contributed by atoms with E-state index < -0.39 is 41.5 Å². The van der Waals surface area contributed by atoms with Gasteiger partial charge in [0, 0.05) is 47.8 Å². The minimum absolute atomic E-state index is 0.0463. The van der Waals surface area contributed by atoms with Crippen LogP contribution in [0.25, 0.3) is 0 Å². The Bertz CT molecular complexity index is 1030. The predicted octanol–water partition coefficient (Wildman–Crippen LogP) is 1.31. The van der Waals surface area contributed by atoms with E-state index in [2.05, 4.69) is 0 Å². The molecule has 8 nitrogen and oxygen atoms in total. The third-order valence-corrected chi connectivity index (χ3v) is 8.20. The van der Waals surface area contributed by atoms with Gasteiger partial charge in [-0.1, -0.05) is 6.92 Å². The first-order valence-electron chi connectivity index (χ1n) is 10.7. The van der Waals surface area contributed by atoms with E-state index in [1.54, 1.807) is 0 Å². The van der Waals surface area contributed by atoms with Crippen LogP contribution in [0, 0.1) is 17.3 Å². The van der Waals surface area contributed by atoms with Gasteiger partial charge in [-0.25, -0.2) is 4.79 Å². The number of aliphatic hydroxyl groups excluding tert-OH is 3. The maximum atomic E-state index is 13.7. The average Bonchev–Trinajstić information content (AvgIpc) is 3.32. The summed E-state index contributed by atoms with van der Waals surface area (Å²) in [4.78, 5) is 39.2. The lowest BCUT2D eigenvalue weighted by molar-refractivity contribution is -0.128. The van der Waals surface area contributed by atoms with Gasteiger partial charge in [0.25, 0.3) is 0 Å². The van der Waals surface area contributed by atoms with Gasteiger partial charge in [-0.05, 0) is 25.3 Å².